The van der Waals surface area contributed by atoms with Gasteiger partial charge in [-0.05, 0) is 48.0 Å². The number of benzene rings is 3. The number of ether oxygens (including phenoxy) is 1. The van der Waals surface area contributed by atoms with Crippen LogP contribution in [0, 0.1) is 5.82 Å². The molecule has 0 radical (unpaired) electrons. The number of anilines is 2. The Labute approximate surface area is 191 Å². The zero-order chi connectivity index (χ0) is 22.8. The third-order valence-electron chi connectivity index (χ3n) is 6.09. The number of halogens is 1. The Hall–Kier alpha value is -3.87. The second kappa shape index (κ2) is 8.94. The van der Waals surface area contributed by atoms with Gasteiger partial charge in [-0.25, -0.2) is 4.39 Å². The third kappa shape index (κ3) is 4.39. The SMILES string of the molecule is O=C(c1ccc2c(c1)N(Cc1ccccc1)C(=O)CO2)N1CCN(c2ccc(F)cc2)CC1. The molecule has 0 aliphatic carbocycles. The molecule has 0 spiro atoms. The number of nitrogens with zero attached hydrogens (tertiary/aromatic N) is 3. The number of hydrogen-bond acceptors (Lipinski definition) is 4. The summed E-state index contributed by atoms with van der Waals surface area (Å²) in [6.45, 7) is 2.88. The van der Waals surface area contributed by atoms with E-state index in [2.05, 4.69) is 4.90 Å². The normalized spacial score (nSPS) is 15.8. The molecule has 168 valence electrons. The van der Waals surface area contributed by atoms with E-state index >= 15 is 0 Å². The molecule has 2 aliphatic rings. The third-order valence-corrected chi connectivity index (χ3v) is 6.09. The summed E-state index contributed by atoms with van der Waals surface area (Å²) >= 11 is 0. The first-order valence-electron chi connectivity index (χ1n) is 11.0. The van der Waals surface area contributed by atoms with Crippen LogP contribution in [0.25, 0.3) is 0 Å². The van der Waals surface area contributed by atoms with Gasteiger partial charge in [0.2, 0.25) is 0 Å². The molecule has 0 atom stereocenters. The van der Waals surface area contributed by atoms with E-state index in [9.17, 15) is 14.0 Å². The van der Waals surface area contributed by atoms with Crippen molar-refractivity contribution in [2.24, 2.45) is 0 Å². The first-order chi connectivity index (χ1) is 16.1. The van der Waals surface area contributed by atoms with Crippen LogP contribution in [0.3, 0.4) is 0 Å². The quantitative estimate of drug-likeness (QED) is 0.614. The Morgan fingerprint density at radius 3 is 2.36 bits per heavy atom. The molecule has 7 heteroatoms. The molecule has 2 aliphatic heterocycles. The van der Waals surface area contributed by atoms with Crippen molar-refractivity contribution in [3.8, 4) is 5.75 Å². The van der Waals surface area contributed by atoms with Crippen LogP contribution in [0.5, 0.6) is 5.75 Å². The maximum atomic E-state index is 13.2. The second-order valence-electron chi connectivity index (χ2n) is 8.19. The Kier molecular flexibility index (Phi) is 5.69. The van der Waals surface area contributed by atoms with Crippen molar-refractivity contribution in [3.63, 3.8) is 0 Å². The van der Waals surface area contributed by atoms with Crippen molar-refractivity contribution in [3.05, 3.63) is 89.7 Å². The molecule has 0 aromatic heterocycles. The number of rotatable bonds is 4. The van der Waals surface area contributed by atoms with Gasteiger partial charge in [-0.3, -0.25) is 9.59 Å². The second-order valence-corrected chi connectivity index (χ2v) is 8.19. The highest BCUT2D eigenvalue weighted by Gasteiger charge is 2.28. The number of fused-ring (bicyclic) bond motifs is 1. The lowest BCUT2D eigenvalue weighted by Crippen LogP contribution is -2.48. The van der Waals surface area contributed by atoms with E-state index in [0.29, 0.717) is 49.7 Å². The molecule has 1 fully saturated rings. The van der Waals surface area contributed by atoms with Crippen LogP contribution in [0.2, 0.25) is 0 Å². The maximum absolute atomic E-state index is 13.2. The molecule has 1 saturated heterocycles. The Morgan fingerprint density at radius 1 is 0.909 bits per heavy atom. The van der Waals surface area contributed by atoms with Gasteiger partial charge in [0.1, 0.15) is 11.6 Å². The molecule has 6 nitrogen and oxygen atoms in total. The summed E-state index contributed by atoms with van der Waals surface area (Å²) in [5.41, 5.74) is 3.10. The van der Waals surface area contributed by atoms with Crippen LogP contribution in [-0.4, -0.2) is 49.5 Å². The minimum Gasteiger partial charge on any atom is -0.482 e. The van der Waals surface area contributed by atoms with Crippen LogP contribution >= 0.6 is 0 Å². The van der Waals surface area contributed by atoms with E-state index in [1.165, 1.54) is 12.1 Å². The molecular weight excluding hydrogens is 421 g/mol. The summed E-state index contributed by atoms with van der Waals surface area (Å²) in [7, 11) is 0. The van der Waals surface area contributed by atoms with Gasteiger partial charge in [-0.2, -0.15) is 0 Å². The van der Waals surface area contributed by atoms with Gasteiger partial charge in [-0.15, -0.1) is 0 Å². The summed E-state index contributed by atoms with van der Waals surface area (Å²) in [6.07, 6.45) is 0. The topological polar surface area (TPSA) is 53.1 Å². The fraction of sp³-hybridized carbons (Fsp3) is 0.231. The first kappa shape index (κ1) is 21.0. The Balaban J connectivity index is 1.31. The van der Waals surface area contributed by atoms with Gasteiger partial charge >= 0.3 is 0 Å². The van der Waals surface area contributed by atoms with E-state index < -0.39 is 0 Å². The minimum atomic E-state index is -0.260. The standard InChI is InChI=1S/C26H24FN3O3/c27-21-7-9-22(10-8-21)28-12-14-29(15-13-28)26(32)20-6-11-24-23(16-20)30(25(31)18-33-24)17-19-4-2-1-3-5-19/h1-11,16H,12-15,17-18H2. The van der Waals surface area contributed by atoms with Gasteiger partial charge in [0.25, 0.3) is 11.8 Å². The van der Waals surface area contributed by atoms with Gasteiger partial charge < -0.3 is 19.4 Å². The largest absolute Gasteiger partial charge is 0.482 e. The monoisotopic (exact) mass is 445 g/mol. The van der Waals surface area contributed by atoms with E-state index in [-0.39, 0.29) is 24.2 Å². The minimum absolute atomic E-state index is 0.0154. The van der Waals surface area contributed by atoms with E-state index in [1.54, 1.807) is 35.2 Å². The maximum Gasteiger partial charge on any atom is 0.265 e. The molecular formula is C26H24FN3O3. The zero-order valence-electron chi connectivity index (χ0n) is 18.1. The molecule has 2 amide bonds. The number of amides is 2. The molecule has 0 unspecified atom stereocenters. The summed E-state index contributed by atoms with van der Waals surface area (Å²) in [4.78, 5) is 31.5. The number of carbonyl (C=O) groups excluding carboxylic acids is 2. The highest BCUT2D eigenvalue weighted by Crippen LogP contribution is 2.34. The van der Waals surface area contributed by atoms with E-state index in [1.807, 2.05) is 35.2 Å². The van der Waals surface area contributed by atoms with Crippen molar-refractivity contribution < 1.29 is 18.7 Å². The average molecular weight is 445 g/mol. The van der Waals surface area contributed by atoms with Crippen molar-refractivity contribution in [1.29, 1.82) is 0 Å². The van der Waals surface area contributed by atoms with Gasteiger partial charge in [-0.1, -0.05) is 30.3 Å². The van der Waals surface area contributed by atoms with E-state index in [0.717, 1.165) is 11.3 Å². The van der Waals surface area contributed by atoms with Crippen molar-refractivity contribution >= 4 is 23.2 Å². The predicted molar refractivity (Wildman–Crippen MR) is 124 cm³/mol. The van der Waals surface area contributed by atoms with Crippen LogP contribution in [0.1, 0.15) is 15.9 Å². The molecule has 2 heterocycles. The average Bonchev–Trinajstić information content (AvgIpc) is 2.86. The van der Waals surface area contributed by atoms with Gasteiger partial charge in [0.05, 0.1) is 12.2 Å². The summed E-state index contributed by atoms with van der Waals surface area (Å²) in [5.74, 6) is 0.130. The van der Waals surface area contributed by atoms with Crippen molar-refractivity contribution in [1.82, 2.24) is 4.90 Å². The van der Waals surface area contributed by atoms with Crippen molar-refractivity contribution in [2.75, 3.05) is 42.6 Å². The van der Waals surface area contributed by atoms with Crippen LogP contribution in [0.4, 0.5) is 15.8 Å². The predicted octanol–water partition coefficient (Wildman–Crippen LogP) is 3.71. The van der Waals surface area contributed by atoms with Crippen LogP contribution in [0.15, 0.2) is 72.8 Å². The Bertz CT molecular complexity index is 1160. The molecule has 5 rings (SSSR count). The number of carbonyl (C=O) groups is 2. The molecule has 0 bridgehead atoms. The molecule has 0 saturated carbocycles. The fourth-order valence-electron chi connectivity index (χ4n) is 4.28. The Morgan fingerprint density at radius 2 is 1.64 bits per heavy atom. The molecule has 33 heavy (non-hydrogen) atoms. The lowest BCUT2D eigenvalue weighted by molar-refractivity contribution is -0.121. The summed E-state index contributed by atoms with van der Waals surface area (Å²) in [6, 6.07) is 21.4. The molecule has 0 N–H and O–H groups in total. The van der Waals surface area contributed by atoms with Crippen molar-refractivity contribution in [2.45, 2.75) is 6.54 Å². The molecule has 3 aromatic rings. The smallest absolute Gasteiger partial charge is 0.265 e. The van der Waals surface area contributed by atoms with Crippen LogP contribution < -0.4 is 14.5 Å². The highest BCUT2D eigenvalue weighted by molar-refractivity contribution is 6.01. The summed E-state index contributed by atoms with van der Waals surface area (Å²) in [5, 5.41) is 0. The van der Waals surface area contributed by atoms with E-state index in [4.69, 9.17) is 4.74 Å². The van der Waals surface area contributed by atoms with Gasteiger partial charge in [0.15, 0.2) is 6.61 Å². The number of piperazine rings is 1. The molecule has 3 aromatic carbocycles. The fourth-order valence-corrected chi connectivity index (χ4v) is 4.28. The van der Waals surface area contributed by atoms with Gasteiger partial charge in [0, 0.05) is 37.4 Å². The zero-order valence-corrected chi connectivity index (χ0v) is 18.1. The first-order valence-corrected chi connectivity index (χ1v) is 11.0. The lowest BCUT2D eigenvalue weighted by Gasteiger charge is -2.36. The van der Waals surface area contributed by atoms with Crippen LogP contribution in [-0.2, 0) is 11.3 Å². The lowest BCUT2D eigenvalue weighted by atomic mass is 10.1. The summed E-state index contributed by atoms with van der Waals surface area (Å²) < 4.78 is 18.8. The number of hydrogen-bond donors (Lipinski definition) is 0. The highest BCUT2D eigenvalue weighted by atomic mass is 19.1.